The van der Waals surface area contributed by atoms with Gasteiger partial charge in [0.05, 0.1) is 11.5 Å². The van der Waals surface area contributed by atoms with Crippen molar-refractivity contribution in [2.75, 3.05) is 16.8 Å². The molecule has 2 N–H and O–H groups in total. The highest BCUT2D eigenvalue weighted by Gasteiger charge is 2.29. The Morgan fingerprint density at radius 2 is 2.39 bits per heavy atom. The Balaban J connectivity index is 1.86. The average molecular weight is 271 g/mol. The molecule has 100 valence electrons. The van der Waals surface area contributed by atoms with E-state index in [1.807, 2.05) is 6.92 Å². The van der Waals surface area contributed by atoms with Crippen LogP contribution in [0.5, 0.6) is 0 Å². The van der Waals surface area contributed by atoms with Crippen LogP contribution in [0.4, 0.5) is 5.82 Å². The predicted molar refractivity (Wildman–Crippen MR) is 68.0 cm³/mol. The van der Waals surface area contributed by atoms with Crippen LogP contribution in [0, 0.1) is 5.92 Å². The first kappa shape index (κ1) is 13.1. The van der Waals surface area contributed by atoms with Gasteiger partial charge < -0.3 is 5.32 Å². The SMILES string of the molecule is CCc1cc(NC(=O)CC2CCS(=O)(=O)C2)n[nH]1. The van der Waals surface area contributed by atoms with Crippen molar-refractivity contribution < 1.29 is 13.2 Å². The van der Waals surface area contributed by atoms with Crippen molar-refractivity contribution in [2.45, 2.75) is 26.2 Å². The lowest BCUT2D eigenvalue weighted by Gasteiger charge is -2.06. The summed E-state index contributed by atoms with van der Waals surface area (Å²) >= 11 is 0. The molecule has 1 aliphatic heterocycles. The van der Waals surface area contributed by atoms with E-state index in [9.17, 15) is 13.2 Å². The summed E-state index contributed by atoms with van der Waals surface area (Å²) in [6.45, 7) is 1.99. The van der Waals surface area contributed by atoms with Crippen molar-refractivity contribution in [3.63, 3.8) is 0 Å². The van der Waals surface area contributed by atoms with E-state index >= 15 is 0 Å². The number of carbonyl (C=O) groups excluding carboxylic acids is 1. The molecule has 1 amide bonds. The van der Waals surface area contributed by atoms with Gasteiger partial charge in [-0.2, -0.15) is 5.10 Å². The molecule has 2 heterocycles. The van der Waals surface area contributed by atoms with Crippen LogP contribution in [0.25, 0.3) is 0 Å². The molecule has 0 aliphatic carbocycles. The number of aromatic amines is 1. The molecule has 0 saturated carbocycles. The van der Waals surface area contributed by atoms with Crippen LogP contribution in [-0.2, 0) is 21.1 Å². The third kappa shape index (κ3) is 3.32. The van der Waals surface area contributed by atoms with Crippen molar-refractivity contribution in [3.05, 3.63) is 11.8 Å². The van der Waals surface area contributed by atoms with E-state index in [1.165, 1.54) is 0 Å². The first-order valence-electron chi connectivity index (χ1n) is 6.03. The predicted octanol–water partition coefficient (Wildman–Crippen LogP) is 0.735. The molecule has 7 heteroatoms. The number of H-pyrrole nitrogens is 1. The maximum absolute atomic E-state index is 11.7. The molecule has 2 rings (SSSR count). The number of anilines is 1. The summed E-state index contributed by atoms with van der Waals surface area (Å²) in [5.41, 5.74) is 0.953. The summed E-state index contributed by atoms with van der Waals surface area (Å²) in [4.78, 5) is 11.7. The summed E-state index contributed by atoms with van der Waals surface area (Å²) in [5, 5.41) is 9.44. The van der Waals surface area contributed by atoms with Gasteiger partial charge in [0.1, 0.15) is 0 Å². The molecule has 1 atom stereocenters. The summed E-state index contributed by atoms with van der Waals surface area (Å²) in [7, 11) is -2.92. The first-order valence-corrected chi connectivity index (χ1v) is 7.85. The van der Waals surface area contributed by atoms with Gasteiger partial charge in [0, 0.05) is 18.2 Å². The zero-order valence-corrected chi connectivity index (χ0v) is 11.1. The van der Waals surface area contributed by atoms with Gasteiger partial charge in [-0.25, -0.2) is 8.42 Å². The maximum atomic E-state index is 11.7. The van der Waals surface area contributed by atoms with Gasteiger partial charge in [-0.1, -0.05) is 6.92 Å². The second-order valence-corrected chi connectivity index (χ2v) is 6.88. The zero-order valence-electron chi connectivity index (χ0n) is 10.3. The monoisotopic (exact) mass is 271 g/mol. The third-order valence-electron chi connectivity index (χ3n) is 3.08. The molecule has 1 fully saturated rings. The molecule has 1 saturated heterocycles. The standard InChI is InChI=1S/C11H17N3O3S/c1-2-9-6-10(14-13-9)12-11(15)5-8-3-4-18(16,17)7-8/h6,8H,2-5,7H2,1H3,(H2,12,13,14,15). The lowest BCUT2D eigenvalue weighted by atomic mass is 10.1. The molecule has 0 bridgehead atoms. The topological polar surface area (TPSA) is 91.9 Å². The van der Waals surface area contributed by atoms with Crippen molar-refractivity contribution in [2.24, 2.45) is 5.92 Å². The second kappa shape index (κ2) is 5.09. The normalized spacial score (nSPS) is 21.9. The maximum Gasteiger partial charge on any atom is 0.225 e. The Bertz CT molecular complexity index is 535. The van der Waals surface area contributed by atoms with Crippen molar-refractivity contribution in [3.8, 4) is 0 Å². The number of nitrogens with zero attached hydrogens (tertiary/aromatic N) is 1. The Morgan fingerprint density at radius 3 is 2.94 bits per heavy atom. The summed E-state index contributed by atoms with van der Waals surface area (Å²) in [6.07, 6.45) is 1.65. The van der Waals surface area contributed by atoms with Gasteiger partial charge in [-0.3, -0.25) is 9.89 Å². The number of amides is 1. The van der Waals surface area contributed by atoms with Crippen LogP contribution in [0.15, 0.2) is 6.07 Å². The molecule has 6 nitrogen and oxygen atoms in total. The fraction of sp³-hybridized carbons (Fsp3) is 0.636. The second-order valence-electron chi connectivity index (χ2n) is 4.65. The smallest absolute Gasteiger partial charge is 0.225 e. The zero-order chi connectivity index (χ0) is 13.2. The van der Waals surface area contributed by atoms with E-state index in [1.54, 1.807) is 6.07 Å². The highest BCUT2D eigenvalue weighted by Crippen LogP contribution is 2.22. The van der Waals surface area contributed by atoms with E-state index in [4.69, 9.17) is 0 Å². The fourth-order valence-corrected chi connectivity index (χ4v) is 3.96. The quantitative estimate of drug-likeness (QED) is 0.844. The first-order chi connectivity index (χ1) is 8.48. The van der Waals surface area contributed by atoms with E-state index in [2.05, 4.69) is 15.5 Å². The number of aryl methyl sites for hydroxylation is 1. The van der Waals surface area contributed by atoms with Crippen LogP contribution >= 0.6 is 0 Å². The van der Waals surface area contributed by atoms with Gasteiger partial charge in [0.25, 0.3) is 0 Å². The highest BCUT2D eigenvalue weighted by atomic mass is 32.2. The summed E-state index contributed by atoms with van der Waals surface area (Å²) in [6, 6.07) is 1.78. The minimum Gasteiger partial charge on any atom is -0.309 e. The number of hydrogen-bond acceptors (Lipinski definition) is 4. The number of sulfone groups is 1. The summed E-state index contributed by atoms with van der Waals surface area (Å²) in [5.74, 6) is 0.595. The van der Waals surface area contributed by atoms with Crippen LogP contribution in [0.3, 0.4) is 0 Å². The minimum absolute atomic E-state index is 0.0559. The van der Waals surface area contributed by atoms with Crippen LogP contribution in [0.1, 0.15) is 25.5 Å². The Kier molecular flexibility index (Phi) is 3.70. The van der Waals surface area contributed by atoms with Gasteiger partial charge in [0.2, 0.25) is 5.91 Å². The average Bonchev–Trinajstić information content (AvgIpc) is 2.85. The fourth-order valence-electron chi connectivity index (χ4n) is 2.10. The van der Waals surface area contributed by atoms with E-state index in [0.717, 1.165) is 12.1 Å². The van der Waals surface area contributed by atoms with E-state index in [0.29, 0.717) is 12.2 Å². The van der Waals surface area contributed by atoms with Crippen molar-refractivity contribution in [1.29, 1.82) is 0 Å². The van der Waals surface area contributed by atoms with Crippen molar-refractivity contribution in [1.82, 2.24) is 10.2 Å². The third-order valence-corrected chi connectivity index (χ3v) is 4.92. The molecule has 0 spiro atoms. The van der Waals surface area contributed by atoms with Gasteiger partial charge in [0.15, 0.2) is 15.7 Å². The lowest BCUT2D eigenvalue weighted by molar-refractivity contribution is -0.116. The van der Waals surface area contributed by atoms with Gasteiger partial charge >= 0.3 is 0 Å². The summed E-state index contributed by atoms with van der Waals surface area (Å²) < 4.78 is 22.5. The molecule has 1 aromatic rings. The van der Waals surface area contributed by atoms with Crippen LogP contribution in [-0.4, -0.2) is 36.0 Å². The highest BCUT2D eigenvalue weighted by molar-refractivity contribution is 7.91. The molecular weight excluding hydrogens is 254 g/mol. The molecule has 0 radical (unpaired) electrons. The van der Waals surface area contributed by atoms with Crippen molar-refractivity contribution >= 4 is 21.6 Å². The van der Waals surface area contributed by atoms with Gasteiger partial charge in [-0.05, 0) is 18.8 Å². The molecule has 18 heavy (non-hydrogen) atoms. The molecule has 1 aliphatic rings. The number of carbonyl (C=O) groups is 1. The molecule has 1 aromatic heterocycles. The minimum atomic E-state index is -2.92. The van der Waals surface area contributed by atoms with Crippen LogP contribution in [0.2, 0.25) is 0 Å². The number of nitrogens with one attached hydrogen (secondary N) is 2. The Labute approximate surface area is 106 Å². The van der Waals surface area contributed by atoms with E-state index < -0.39 is 9.84 Å². The number of hydrogen-bond donors (Lipinski definition) is 2. The molecular formula is C11H17N3O3S. The molecule has 0 aromatic carbocycles. The van der Waals surface area contributed by atoms with Gasteiger partial charge in [-0.15, -0.1) is 0 Å². The number of rotatable bonds is 4. The molecule has 1 unspecified atom stereocenters. The number of aromatic nitrogens is 2. The lowest BCUT2D eigenvalue weighted by Crippen LogP contribution is -2.17. The van der Waals surface area contributed by atoms with E-state index in [-0.39, 0.29) is 29.8 Å². The Morgan fingerprint density at radius 1 is 1.61 bits per heavy atom. The largest absolute Gasteiger partial charge is 0.309 e. The Hall–Kier alpha value is -1.37. The van der Waals surface area contributed by atoms with Crippen LogP contribution < -0.4 is 5.32 Å².